The lowest BCUT2D eigenvalue weighted by atomic mass is 9.86. The molecule has 1 aromatic rings. The van der Waals surface area contributed by atoms with Crippen LogP contribution in [0, 0.1) is 11.8 Å². The van der Waals surface area contributed by atoms with Gasteiger partial charge in [0, 0.05) is 19.5 Å². The van der Waals surface area contributed by atoms with Gasteiger partial charge in [-0.05, 0) is 30.2 Å². The number of likely N-dealkylation sites (tertiary alicyclic amines) is 1. The van der Waals surface area contributed by atoms with Gasteiger partial charge in [-0.1, -0.05) is 44.2 Å². The van der Waals surface area contributed by atoms with E-state index in [1.54, 1.807) is 0 Å². The minimum Gasteiger partial charge on any atom is -0.481 e. The molecule has 2 rings (SSSR count). The Morgan fingerprint density at radius 1 is 1.32 bits per heavy atom. The molecule has 1 aliphatic heterocycles. The van der Waals surface area contributed by atoms with Crippen LogP contribution in [0.5, 0.6) is 0 Å². The number of hydrogen-bond acceptors (Lipinski definition) is 2. The summed E-state index contributed by atoms with van der Waals surface area (Å²) >= 11 is 0. The molecular weight excluding hydrogens is 278 g/mol. The number of piperidine rings is 1. The Kier molecular flexibility index (Phi) is 5.58. The lowest BCUT2D eigenvalue weighted by Gasteiger charge is -2.35. The Hall–Kier alpha value is -1.84. The minimum atomic E-state index is -0.740. The highest BCUT2D eigenvalue weighted by Gasteiger charge is 2.33. The molecule has 4 nitrogen and oxygen atoms in total. The second-order valence-electron chi connectivity index (χ2n) is 6.27. The van der Waals surface area contributed by atoms with Crippen molar-refractivity contribution in [1.82, 2.24) is 4.90 Å². The van der Waals surface area contributed by atoms with Crippen molar-refractivity contribution in [3.8, 4) is 0 Å². The van der Waals surface area contributed by atoms with Crippen LogP contribution in [0.2, 0.25) is 0 Å². The maximum Gasteiger partial charge on any atom is 0.306 e. The SMILES string of the molecule is CCC(CC(=O)N1CCC(C(=O)O)C(C)C1)c1ccccc1. The van der Waals surface area contributed by atoms with Gasteiger partial charge in [0.05, 0.1) is 5.92 Å². The predicted molar refractivity (Wildman–Crippen MR) is 85.6 cm³/mol. The fourth-order valence-corrected chi connectivity index (χ4v) is 3.30. The van der Waals surface area contributed by atoms with Gasteiger partial charge in [-0.2, -0.15) is 0 Å². The molecule has 0 bridgehead atoms. The lowest BCUT2D eigenvalue weighted by molar-refractivity contribution is -0.148. The van der Waals surface area contributed by atoms with Crippen LogP contribution < -0.4 is 0 Å². The smallest absolute Gasteiger partial charge is 0.306 e. The quantitative estimate of drug-likeness (QED) is 0.909. The molecule has 0 radical (unpaired) electrons. The van der Waals surface area contributed by atoms with Crippen LogP contribution in [0.3, 0.4) is 0 Å². The summed E-state index contributed by atoms with van der Waals surface area (Å²) in [6.07, 6.45) is 1.99. The average molecular weight is 303 g/mol. The Balaban J connectivity index is 1.96. The molecule has 0 spiro atoms. The number of carbonyl (C=O) groups excluding carboxylic acids is 1. The highest BCUT2D eigenvalue weighted by atomic mass is 16.4. The normalized spacial score (nSPS) is 23.1. The lowest BCUT2D eigenvalue weighted by Crippen LogP contribution is -2.45. The number of amides is 1. The van der Waals surface area contributed by atoms with Gasteiger partial charge in [0.2, 0.25) is 5.91 Å². The first-order chi connectivity index (χ1) is 10.5. The van der Waals surface area contributed by atoms with Gasteiger partial charge in [0.25, 0.3) is 0 Å². The first kappa shape index (κ1) is 16.5. The highest BCUT2D eigenvalue weighted by molar-refractivity contribution is 5.78. The third kappa shape index (κ3) is 3.87. The molecule has 3 unspecified atom stereocenters. The van der Waals surface area contributed by atoms with E-state index >= 15 is 0 Å². The molecule has 1 fully saturated rings. The van der Waals surface area contributed by atoms with E-state index in [2.05, 4.69) is 19.1 Å². The van der Waals surface area contributed by atoms with Crippen molar-refractivity contribution < 1.29 is 14.7 Å². The van der Waals surface area contributed by atoms with Crippen LogP contribution in [-0.2, 0) is 9.59 Å². The van der Waals surface area contributed by atoms with Crippen LogP contribution >= 0.6 is 0 Å². The van der Waals surface area contributed by atoms with Crippen LogP contribution in [-0.4, -0.2) is 35.0 Å². The summed E-state index contributed by atoms with van der Waals surface area (Å²) in [4.78, 5) is 25.5. The number of carbonyl (C=O) groups is 2. The minimum absolute atomic E-state index is 0.0204. The van der Waals surface area contributed by atoms with Crippen LogP contribution in [0.25, 0.3) is 0 Å². The largest absolute Gasteiger partial charge is 0.481 e. The standard InChI is InChI=1S/C18H25NO3/c1-3-14(15-7-5-4-6-8-15)11-17(20)19-10-9-16(18(21)22)13(2)12-19/h4-8,13-14,16H,3,9-12H2,1-2H3,(H,21,22). The van der Waals surface area contributed by atoms with Gasteiger partial charge in [-0.15, -0.1) is 0 Å². The van der Waals surface area contributed by atoms with Crippen molar-refractivity contribution in [2.24, 2.45) is 11.8 Å². The van der Waals surface area contributed by atoms with Crippen molar-refractivity contribution in [1.29, 1.82) is 0 Å². The number of aliphatic carboxylic acids is 1. The number of benzene rings is 1. The van der Waals surface area contributed by atoms with E-state index in [1.807, 2.05) is 30.0 Å². The molecule has 1 heterocycles. The third-order valence-corrected chi connectivity index (χ3v) is 4.76. The van der Waals surface area contributed by atoms with Gasteiger partial charge in [0.1, 0.15) is 0 Å². The summed E-state index contributed by atoms with van der Waals surface area (Å²) in [5.74, 6) is -0.657. The highest BCUT2D eigenvalue weighted by Crippen LogP contribution is 2.27. The zero-order valence-corrected chi connectivity index (χ0v) is 13.4. The summed E-state index contributed by atoms with van der Waals surface area (Å²) in [6, 6.07) is 10.1. The maximum atomic E-state index is 12.5. The first-order valence-electron chi connectivity index (χ1n) is 8.08. The van der Waals surface area contributed by atoms with Gasteiger partial charge in [0.15, 0.2) is 0 Å². The van der Waals surface area contributed by atoms with Gasteiger partial charge >= 0.3 is 5.97 Å². The molecule has 22 heavy (non-hydrogen) atoms. The van der Waals surface area contributed by atoms with E-state index in [4.69, 9.17) is 5.11 Å². The summed E-state index contributed by atoms with van der Waals surface area (Å²) in [5.41, 5.74) is 1.20. The summed E-state index contributed by atoms with van der Waals surface area (Å²) in [7, 11) is 0. The first-order valence-corrected chi connectivity index (χ1v) is 8.08. The van der Waals surface area contributed by atoms with E-state index in [1.165, 1.54) is 5.56 Å². The van der Waals surface area contributed by atoms with E-state index < -0.39 is 5.97 Å². The van der Waals surface area contributed by atoms with Crippen LogP contribution in [0.1, 0.15) is 44.6 Å². The predicted octanol–water partition coefficient (Wildman–Crippen LogP) is 3.14. The Morgan fingerprint density at radius 3 is 2.55 bits per heavy atom. The fraction of sp³-hybridized carbons (Fsp3) is 0.556. The van der Waals surface area contributed by atoms with Crippen molar-refractivity contribution in [2.75, 3.05) is 13.1 Å². The van der Waals surface area contributed by atoms with E-state index in [0.717, 1.165) is 6.42 Å². The monoisotopic (exact) mass is 303 g/mol. The molecule has 0 aromatic heterocycles. The van der Waals surface area contributed by atoms with E-state index in [-0.39, 0.29) is 23.7 Å². The second-order valence-corrected chi connectivity index (χ2v) is 6.27. The summed E-state index contributed by atoms with van der Waals surface area (Å²) in [5, 5.41) is 9.16. The van der Waals surface area contributed by atoms with Crippen molar-refractivity contribution in [3.05, 3.63) is 35.9 Å². The van der Waals surface area contributed by atoms with Crippen molar-refractivity contribution in [3.63, 3.8) is 0 Å². The number of rotatable bonds is 5. The Morgan fingerprint density at radius 2 is 2.00 bits per heavy atom. The molecule has 0 saturated carbocycles. The molecule has 0 aliphatic carbocycles. The van der Waals surface area contributed by atoms with Gasteiger partial charge in [-0.3, -0.25) is 9.59 Å². The molecule has 1 aromatic carbocycles. The molecule has 3 atom stereocenters. The van der Waals surface area contributed by atoms with E-state index in [9.17, 15) is 9.59 Å². The van der Waals surface area contributed by atoms with Crippen molar-refractivity contribution >= 4 is 11.9 Å². The zero-order valence-electron chi connectivity index (χ0n) is 13.4. The van der Waals surface area contributed by atoms with Crippen LogP contribution in [0.15, 0.2) is 30.3 Å². The number of hydrogen-bond donors (Lipinski definition) is 1. The molecule has 1 saturated heterocycles. The average Bonchev–Trinajstić information content (AvgIpc) is 2.52. The molecule has 1 N–H and O–H groups in total. The second kappa shape index (κ2) is 7.43. The number of nitrogens with zero attached hydrogens (tertiary/aromatic N) is 1. The molecule has 1 amide bonds. The molecule has 1 aliphatic rings. The van der Waals surface area contributed by atoms with Gasteiger partial charge < -0.3 is 10.0 Å². The van der Waals surface area contributed by atoms with Gasteiger partial charge in [-0.25, -0.2) is 0 Å². The fourth-order valence-electron chi connectivity index (χ4n) is 3.30. The summed E-state index contributed by atoms with van der Waals surface area (Å²) in [6.45, 7) is 5.14. The zero-order chi connectivity index (χ0) is 16.1. The number of carboxylic acid groups (broad SMARTS) is 1. The molecular formula is C18H25NO3. The number of carboxylic acids is 1. The summed E-state index contributed by atoms with van der Waals surface area (Å²) < 4.78 is 0. The van der Waals surface area contributed by atoms with Crippen molar-refractivity contribution in [2.45, 2.75) is 39.0 Å². The maximum absolute atomic E-state index is 12.5. The molecule has 4 heteroatoms. The topological polar surface area (TPSA) is 57.6 Å². The third-order valence-electron chi connectivity index (χ3n) is 4.76. The molecule has 120 valence electrons. The van der Waals surface area contributed by atoms with Crippen LogP contribution in [0.4, 0.5) is 0 Å². The Bertz CT molecular complexity index is 514. The Labute approximate surface area is 132 Å². The van der Waals surface area contributed by atoms with E-state index in [0.29, 0.717) is 25.9 Å².